The molecule has 0 spiro atoms. The number of benzene rings is 3. The van der Waals surface area contributed by atoms with Crippen molar-refractivity contribution in [2.45, 2.75) is 19.5 Å². The fourth-order valence-electron chi connectivity index (χ4n) is 3.52. The lowest BCUT2D eigenvalue weighted by atomic mass is 10.1. The van der Waals surface area contributed by atoms with Crippen LogP contribution in [-0.2, 0) is 12.6 Å². The predicted molar refractivity (Wildman–Crippen MR) is 121 cm³/mol. The van der Waals surface area contributed by atoms with Crippen molar-refractivity contribution in [3.8, 4) is 11.4 Å². The quantitative estimate of drug-likeness (QED) is 0.365. The minimum atomic E-state index is -4.61. The number of nitrogens with zero attached hydrogens (tertiary/aromatic N) is 2. The Balaban J connectivity index is 1.65. The molecule has 0 saturated heterocycles. The number of alkyl halides is 3. The predicted octanol–water partition coefficient (Wildman–Crippen LogP) is 6.70. The van der Waals surface area contributed by atoms with Crippen LogP contribution < -0.4 is 10.1 Å². The molecule has 0 atom stereocenters. The molecule has 1 N–H and O–H groups in total. The minimum Gasteiger partial charge on any atom is -0.497 e. The van der Waals surface area contributed by atoms with Crippen LogP contribution in [0.4, 0.5) is 18.9 Å². The van der Waals surface area contributed by atoms with Gasteiger partial charge in [-0.25, -0.2) is 4.98 Å². The van der Waals surface area contributed by atoms with Crippen molar-refractivity contribution < 1.29 is 17.9 Å². The first-order valence-corrected chi connectivity index (χ1v) is 10.1. The van der Waals surface area contributed by atoms with E-state index in [-0.39, 0.29) is 5.52 Å². The summed E-state index contributed by atoms with van der Waals surface area (Å²) in [5.41, 5.74) is 4.52. The van der Waals surface area contributed by atoms with Crippen LogP contribution in [0.25, 0.3) is 22.4 Å². The van der Waals surface area contributed by atoms with E-state index in [0.29, 0.717) is 22.7 Å². The van der Waals surface area contributed by atoms with Gasteiger partial charge in [0.05, 0.1) is 18.1 Å². The van der Waals surface area contributed by atoms with Crippen LogP contribution in [0.2, 0.25) is 0 Å². The van der Waals surface area contributed by atoms with E-state index in [1.54, 1.807) is 36.4 Å². The van der Waals surface area contributed by atoms with Crippen LogP contribution in [0.15, 0.2) is 73.3 Å². The zero-order valence-corrected chi connectivity index (χ0v) is 17.7. The molecule has 0 aliphatic carbocycles. The zero-order chi connectivity index (χ0) is 22.9. The molecule has 164 valence electrons. The van der Waals surface area contributed by atoms with Gasteiger partial charge in [-0.3, -0.25) is 4.57 Å². The van der Waals surface area contributed by atoms with Gasteiger partial charge < -0.3 is 10.1 Å². The van der Waals surface area contributed by atoms with E-state index < -0.39 is 12.0 Å². The summed E-state index contributed by atoms with van der Waals surface area (Å²) in [6.07, 6.45) is -3.65. The molecule has 1 heterocycles. The number of aryl methyl sites for hydroxylation is 1. The molecule has 0 aliphatic heterocycles. The largest absolute Gasteiger partial charge is 0.497 e. The number of anilines is 1. The second-order valence-electron chi connectivity index (χ2n) is 7.32. The van der Waals surface area contributed by atoms with E-state index in [1.165, 1.54) is 18.7 Å². The van der Waals surface area contributed by atoms with Crippen molar-refractivity contribution in [1.82, 2.24) is 9.55 Å². The van der Waals surface area contributed by atoms with Gasteiger partial charge in [0.25, 0.3) is 0 Å². The lowest BCUT2D eigenvalue weighted by Crippen LogP contribution is -2.13. The summed E-state index contributed by atoms with van der Waals surface area (Å²) >= 11 is 0. The third-order valence-electron chi connectivity index (χ3n) is 5.25. The Labute approximate surface area is 184 Å². The number of fused-ring (bicyclic) bond motifs is 1. The number of hydrogen-bond donors (Lipinski definition) is 1. The summed E-state index contributed by atoms with van der Waals surface area (Å²) in [4.78, 5) is 3.82. The van der Waals surface area contributed by atoms with E-state index in [1.807, 2.05) is 24.3 Å². The highest BCUT2D eigenvalue weighted by Crippen LogP contribution is 2.35. The van der Waals surface area contributed by atoms with Gasteiger partial charge in [-0.05, 0) is 53.9 Å². The molecule has 0 unspecified atom stereocenters. The SMILES string of the molecule is C=C(Nc1ccc(-n2c(C(F)(F)F)nc3cc(OC)ccc32)cc1)c1ccc(CC)cc1. The van der Waals surface area contributed by atoms with E-state index in [0.717, 1.165) is 22.2 Å². The maximum Gasteiger partial charge on any atom is 0.450 e. The molecule has 3 aromatic carbocycles. The first-order valence-electron chi connectivity index (χ1n) is 10.1. The summed E-state index contributed by atoms with van der Waals surface area (Å²) in [7, 11) is 1.46. The second-order valence-corrected chi connectivity index (χ2v) is 7.32. The monoisotopic (exact) mass is 437 g/mol. The molecule has 0 radical (unpaired) electrons. The average molecular weight is 437 g/mol. The van der Waals surface area contributed by atoms with Crippen molar-refractivity contribution in [3.05, 3.63) is 90.3 Å². The topological polar surface area (TPSA) is 39.1 Å². The minimum absolute atomic E-state index is 0.211. The van der Waals surface area contributed by atoms with Gasteiger partial charge in [0.15, 0.2) is 0 Å². The number of imidazole rings is 1. The van der Waals surface area contributed by atoms with Gasteiger partial charge in [0.1, 0.15) is 5.75 Å². The maximum atomic E-state index is 13.7. The highest BCUT2D eigenvalue weighted by Gasteiger charge is 2.38. The molecule has 0 bridgehead atoms. The summed E-state index contributed by atoms with van der Waals surface area (Å²) < 4.78 is 47.4. The van der Waals surface area contributed by atoms with Gasteiger partial charge in [-0.15, -0.1) is 0 Å². The molecule has 32 heavy (non-hydrogen) atoms. The number of aromatic nitrogens is 2. The molecule has 0 aliphatic rings. The Morgan fingerprint density at radius 2 is 1.72 bits per heavy atom. The van der Waals surface area contributed by atoms with E-state index in [2.05, 4.69) is 23.8 Å². The Kier molecular flexibility index (Phi) is 5.65. The Bertz CT molecular complexity index is 1260. The third kappa shape index (κ3) is 4.19. The number of methoxy groups -OCH3 is 1. The van der Waals surface area contributed by atoms with Crippen LogP contribution in [0.3, 0.4) is 0 Å². The van der Waals surface area contributed by atoms with Gasteiger partial charge >= 0.3 is 6.18 Å². The smallest absolute Gasteiger partial charge is 0.450 e. The Hall–Kier alpha value is -3.74. The van der Waals surface area contributed by atoms with E-state index >= 15 is 0 Å². The number of nitrogens with one attached hydrogen (secondary N) is 1. The standard InChI is InChI=1S/C25H22F3N3O/c1-4-17-5-7-18(8-6-17)16(2)29-19-9-11-20(12-10-19)31-23-14-13-21(32-3)15-22(23)30-24(31)25(26,27)28/h5-15,29H,2,4H2,1,3H3. The summed E-state index contributed by atoms with van der Waals surface area (Å²) in [6, 6.07) is 19.4. The van der Waals surface area contributed by atoms with Gasteiger partial charge in [-0.1, -0.05) is 37.8 Å². The highest BCUT2D eigenvalue weighted by molar-refractivity contribution is 5.81. The van der Waals surface area contributed by atoms with Crippen LogP contribution in [0, 0.1) is 0 Å². The number of halogens is 3. The van der Waals surface area contributed by atoms with Gasteiger partial charge in [-0.2, -0.15) is 13.2 Å². The summed E-state index contributed by atoms with van der Waals surface area (Å²) in [5.74, 6) is -0.539. The molecular formula is C25H22F3N3O. The van der Waals surface area contributed by atoms with E-state index in [9.17, 15) is 13.2 Å². The molecule has 0 amide bonds. The molecule has 4 nitrogen and oxygen atoms in total. The second kappa shape index (κ2) is 8.42. The van der Waals surface area contributed by atoms with Gasteiger partial charge in [0.2, 0.25) is 5.82 Å². The van der Waals surface area contributed by atoms with Crippen LogP contribution in [0.1, 0.15) is 23.9 Å². The van der Waals surface area contributed by atoms with Crippen LogP contribution in [-0.4, -0.2) is 16.7 Å². The molecule has 0 fully saturated rings. The number of ether oxygens (including phenoxy) is 1. The third-order valence-corrected chi connectivity index (χ3v) is 5.25. The first kappa shape index (κ1) is 21.5. The maximum absolute atomic E-state index is 13.7. The van der Waals surface area contributed by atoms with E-state index in [4.69, 9.17) is 4.74 Å². The molecular weight excluding hydrogens is 415 g/mol. The molecule has 1 aromatic heterocycles. The zero-order valence-electron chi connectivity index (χ0n) is 17.7. The molecule has 0 saturated carbocycles. The Morgan fingerprint density at radius 3 is 2.31 bits per heavy atom. The van der Waals surface area contributed by atoms with Crippen LogP contribution >= 0.6 is 0 Å². The first-order chi connectivity index (χ1) is 15.3. The van der Waals surface area contributed by atoms with Gasteiger partial charge in [0, 0.05) is 23.1 Å². The Morgan fingerprint density at radius 1 is 1.03 bits per heavy atom. The fourth-order valence-corrected chi connectivity index (χ4v) is 3.52. The highest BCUT2D eigenvalue weighted by atomic mass is 19.4. The lowest BCUT2D eigenvalue weighted by Gasteiger charge is -2.14. The van der Waals surface area contributed by atoms with Crippen molar-refractivity contribution >= 4 is 22.4 Å². The van der Waals surface area contributed by atoms with Crippen molar-refractivity contribution in [2.75, 3.05) is 12.4 Å². The van der Waals surface area contributed by atoms with Crippen molar-refractivity contribution in [2.24, 2.45) is 0 Å². The number of rotatable bonds is 6. The number of hydrogen-bond acceptors (Lipinski definition) is 3. The average Bonchev–Trinajstić information content (AvgIpc) is 3.19. The van der Waals surface area contributed by atoms with Crippen molar-refractivity contribution in [3.63, 3.8) is 0 Å². The normalized spacial score (nSPS) is 11.5. The fraction of sp³-hybridized carbons (Fsp3) is 0.160. The van der Waals surface area contributed by atoms with Crippen LogP contribution in [0.5, 0.6) is 5.75 Å². The molecule has 4 aromatic rings. The summed E-state index contributed by atoms with van der Waals surface area (Å²) in [5, 5.41) is 3.21. The molecule has 7 heteroatoms. The summed E-state index contributed by atoms with van der Waals surface area (Å²) in [6.45, 7) is 6.16. The molecule has 4 rings (SSSR count). The lowest BCUT2D eigenvalue weighted by molar-refractivity contribution is -0.145. The van der Waals surface area contributed by atoms with Crippen molar-refractivity contribution in [1.29, 1.82) is 0 Å².